The summed E-state index contributed by atoms with van der Waals surface area (Å²) in [5.41, 5.74) is 0.156. The smallest absolute Gasteiger partial charge is 0.352 e. The predicted molar refractivity (Wildman–Crippen MR) is 66.3 cm³/mol. The van der Waals surface area contributed by atoms with E-state index in [1.807, 2.05) is 11.8 Å². The molecule has 0 bridgehead atoms. The normalized spacial score (nSPS) is 23.3. The third kappa shape index (κ3) is 2.39. The lowest BCUT2D eigenvalue weighted by atomic mass is 10.1. The van der Waals surface area contributed by atoms with E-state index >= 15 is 0 Å². The molecule has 1 saturated heterocycles. The van der Waals surface area contributed by atoms with Gasteiger partial charge in [-0.3, -0.25) is 4.79 Å². The van der Waals surface area contributed by atoms with Crippen LogP contribution in [0, 0.1) is 5.92 Å². The van der Waals surface area contributed by atoms with Crippen LogP contribution < -0.4 is 0 Å². The SMILES string of the molecule is CC1CC(C)N(C(=O)Cn2cccc2C(=O)O)C1. The number of carbonyl (C=O) groups excluding carboxylic acids is 1. The van der Waals surface area contributed by atoms with Crippen molar-refractivity contribution in [3.63, 3.8) is 0 Å². The number of hydrogen-bond donors (Lipinski definition) is 1. The van der Waals surface area contributed by atoms with E-state index in [4.69, 9.17) is 5.11 Å². The Bertz CT molecular complexity index is 467. The van der Waals surface area contributed by atoms with E-state index in [2.05, 4.69) is 6.92 Å². The maximum Gasteiger partial charge on any atom is 0.352 e. The van der Waals surface area contributed by atoms with Crippen molar-refractivity contribution in [3.8, 4) is 0 Å². The highest BCUT2D eigenvalue weighted by atomic mass is 16.4. The summed E-state index contributed by atoms with van der Waals surface area (Å²) in [4.78, 5) is 25.0. The van der Waals surface area contributed by atoms with E-state index in [-0.39, 0.29) is 24.2 Å². The molecule has 0 spiro atoms. The first-order valence-electron chi connectivity index (χ1n) is 6.17. The molecule has 1 aromatic rings. The molecule has 5 heteroatoms. The number of aromatic nitrogens is 1. The highest BCUT2D eigenvalue weighted by molar-refractivity contribution is 5.87. The van der Waals surface area contributed by atoms with Gasteiger partial charge in [-0.1, -0.05) is 6.92 Å². The number of carboxylic acid groups (broad SMARTS) is 1. The lowest BCUT2D eigenvalue weighted by Gasteiger charge is -2.22. The minimum Gasteiger partial charge on any atom is -0.477 e. The van der Waals surface area contributed by atoms with Gasteiger partial charge >= 0.3 is 5.97 Å². The van der Waals surface area contributed by atoms with Gasteiger partial charge in [0.2, 0.25) is 5.91 Å². The average Bonchev–Trinajstić information content (AvgIpc) is 2.85. The Labute approximate surface area is 106 Å². The van der Waals surface area contributed by atoms with Crippen molar-refractivity contribution in [1.29, 1.82) is 0 Å². The van der Waals surface area contributed by atoms with E-state index in [1.165, 1.54) is 10.6 Å². The standard InChI is InChI=1S/C13H18N2O3/c1-9-6-10(2)15(7-9)12(16)8-14-5-3-4-11(14)13(17)18/h3-5,9-10H,6-8H2,1-2H3,(H,17,18). The summed E-state index contributed by atoms with van der Waals surface area (Å²) in [6, 6.07) is 3.40. The van der Waals surface area contributed by atoms with Crippen LogP contribution in [0.3, 0.4) is 0 Å². The van der Waals surface area contributed by atoms with Crippen LogP contribution in [0.4, 0.5) is 0 Å². The fraction of sp³-hybridized carbons (Fsp3) is 0.538. The van der Waals surface area contributed by atoms with Crippen LogP contribution >= 0.6 is 0 Å². The summed E-state index contributed by atoms with van der Waals surface area (Å²) in [6.45, 7) is 5.03. The van der Waals surface area contributed by atoms with Gasteiger partial charge in [0.25, 0.3) is 0 Å². The van der Waals surface area contributed by atoms with Crippen LogP contribution in [0.2, 0.25) is 0 Å². The van der Waals surface area contributed by atoms with Crippen LogP contribution in [0.25, 0.3) is 0 Å². The van der Waals surface area contributed by atoms with Crippen LogP contribution in [0.15, 0.2) is 18.3 Å². The Balaban J connectivity index is 2.07. The van der Waals surface area contributed by atoms with Gasteiger partial charge in [0.1, 0.15) is 12.2 Å². The summed E-state index contributed by atoms with van der Waals surface area (Å²) < 4.78 is 1.49. The second kappa shape index (κ2) is 4.84. The molecule has 98 valence electrons. The molecular weight excluding hydrogens is 232 g/mol. The number of carbonyl (C=O) groups is 2. The Kier molecular flexibility index (Phi) is 3.41. The zero-order valence-corrected chi connectivity index (χ0v) is 10.7. The highest BCUT2D eigenvalue weighted by Gasteiger charge is 2.30. The van der Waals surface area contributed by atoms with Gasteiger partial charge in [0, 0.05) is 18.8 Å². The number of likely N-dealkylation sites (tertiary alicyclic amines) is 1. The van der Waals surface area contributed by atoms with E-state index in [1.54, 1.807) is 12.3 Å². The quantitative estimate of drug-likeness (QED) is 0.883. The van der Waals surface area contributed by atoms with Gasteiger partial charge in [-0.15, -0.1) is 0 Å². The average molecular weight is 250 g/mol. The lowest BCUT2D eigenvalue weighted by Crippen LogP contribution is -2.36. The van der Waals surface area contributed by atoms with Crippen molar-refractivity contribution in [3.05, 3.63) is 24.0 Å². The van der Waals surface area contributed by atoms with Crippen molar-refractivity contribution in [2.75, 3.05) is 6.54 Å². The maximum absolute atomic E-state index is 12.2. The van der Waals surface area contributed by atoms with Crippen LogP contribution in [0.5, 0.6) is 0 Å². The Morgan fingerprint density at radius 1 is 1.44 bits per heavy atom. The summed E-state index contributed by atoms with van der Waals surface area (Å²) in [7, 11) is 0. The van der Waals surface area contributed by atoms with Crippen molar-refractivity contribution in [1.82, 2.24) is 9.47 Å². The van der Waals surface area contributed by atoms with E-state index in [0.29, 0.717) is 5.92 Å². The van der Waals surface area contributed by atoms with Crippen molar-refractivity contribution in [2.45, 2.75) is 32.9 Å². The number of amides is 1. The first-order chi connectivity index (χ1) is 8.49. The molecule has 5 nitrogen and oxygen atoms in total. The summed E-state index contributed by atoms with van der Waals surface area (Å²) in [5.74, 6) is -0.492. The molecule has 1 fully saturated rings. The predicted octanol–water partition coefficient (Wildman–Crippen LogP) is 1.44. The van der Waals surface area contributed by atoms with E-state index in [9.17, 15) is 9.59 Å². The first-order valence-corrected chi connectivity index (χ1v) is 6.17. The Morgan fingerprint density at radius 3 is 2.72 bits per heavy atom. The number of aromatic carboxylic acids is 1. The van der Waals surface area contributed by atoms with Crippen LogP contribution in [-0.4, -0.2) is 39.0 Å². The molecular formula is C13H18N2O3. The third-order valence-corrected chi connectivity index (χ3v) is 3.46. The zero-order chi connectivity index (χ0) is 13.3. The Morgan fingerprint density at radius 2 is 2.17 bits per heavy atom. The summed E-state index contributed by atoms with van der Waals surface area (Å²) in [5, 5.41) is 8.98. The molecule has 0 radical (unpaired) electrons. The number of hydrogen-bond acceptors (Lipinski definition) is 2. The molecule has 1 aliphatic heterocycles. The van der Waals surface area contributed by atoms with Gasteiger partial charge in [0.05, 0.1) is 0 Å². The minimum atomic E-state index is -1.00. The summed E-state index contributed by atoms with van der Waals surface area (Å²) >= 11 is 0. The molecule has 1 aliphatic rings. The Hall–Kier alpha value is -1.78. The van der Waals surface area contributed by atoms with E-state index in [0.717, 1.165) is 13.0 Å². The van der Waals surface area contributed by atoms with Gasteiger partial charge < -0.3 is 14.6 Å². The minimum absolute atomic E-state index is 0.00875. The maximum atomic E-state index is 12.2. The molecule has 0 aliphatic carbocycles. The van der Waals surface area contributed by atoms with Crippen molar-refractivity contribution in [2.24, 2.45) is 5.92 Å². The number of nitrogens with zero attached hydrogens (tertiary/aromatic N) is 2. The molecule has 1 aromatic heterocycles. The molecule has 0 saturated carbocycles. The molecule has 2 heterocycles. The van der Waals surface area contributed by atoms with Crippen molar-refractivity contribution < 1.29 is 14.7 Å². The molecule has 18 heavy (non-hydrogen) atoms. The fourth-order valence-electron chi connectivity index (χ4n) is 2.63. The second-order valence-electron chi connectivity index (χ2n) is 5.06. The lowest BCUT2D eigenvalue weighted by molar-refractivity contribution is -0.132. The molecule has 0 aromatic carbocycles. The highest BCUT2D eigenvalue weighted by Crippen LogP contribution is 2.22. The summed E-state index contributed by atoms with van der Waals surface area (Å²) in [6.07, 6.45) is 2.65. The van der Waals surface area contributed by atoms with E-state index < -0.39 is 5.97 Å². The van der Waals surface area contributed by atoms with Crippen molar-refractivity contribution >= 4 is 11.9 Å². The van der Waals surface area contributed by atoms with Crippen LogP contribution in [-0.2, 0) is 11.3 Å². The van der Waals surface area contributed by atoms with Gasteiger partial charge in [-0.2, -0.15) is 0 Å². The van der Waals surface area contributed by atoms with Crippen LogP contribution in [0.1, 0.15) is 30.8 Å². The van der Waals surface area contributed by atoms with Gasteiger partial charge in [-0.25, -0.2) is 4.79 Å². The monoisotopic (exact) mass is 250 g/mol. The van der Waals surface area contributed by atoms with Gasteiger partial charge in [0.15, 0.2) is 0 Å². The molecule has 2 unspecified atom stereocenters. The third-order valence-electron chi connectivity index (χ3n) is 3.46. The number of carboxylic acids is 1. The largest absolute Gasteiger partial charge is 0.477 e. The topological polar surface area (TPSA) is 62.5 Å². The van der Waals surface area contributed by atoms with Gasteiger partial charge in [-0.05, 0) is 31.4 Å². The molecule has 1 amide bonds. The number of rotatable bonds is 3. The first kappa shape index (κ1) is 12.7. The molecule has 2 rings (SSSR count). The molecule has 1 N–H and O–H groups in total. The fourth-order valence-corrected chi connectivity index (χ4v) is 2.63. The zero-order valence-electron chi connectivity index (χ0n) is 10.7. The molecule has 2 atom stereocenters. The second-order valence-corrected chi connectivity index (χ2v) is 5.06.